The Morgan fingerprint density at radius 1 is 1.05 bits per heavy atom. The van der Waals surface area contributed by atoms with E-state index in [1.165, 1.54) is 12.1 Å². The van der Waals surface area contributed by atoms with Gasteiger partial charge in [-0.2, -0.15) is 0 Å². The Kier molecular flexibility index (Phi) is 4.68. The zero-order chi connectivity index (χ0) is 14.4. The molecule has 0 heterocycles. The fourth-order valence-electron chi connectivity index (χ4n) is 2.01. The zero-order valence-electron chi connectivity index (χ0n) is 11.0. The standard InChI is InChI=1S/C15H16N2O3/c18-11-10-16(12-13-4-2-1-3-5-13)14-6-8-15(9-7-14)17(19)20/h1-9,18H,10-12H2. The summed E-state index contributed by atoms with van der Waals surface area (Å²) in [5, 5.41) is 19.8. The Balaban J connectivity index is 2.17. The average Bonchev–Trinajstić information content (AvgIpc) is 2.48. The molecular formula is C15H16N2O3. The van der Waals surface area contributed by atoms with Crippen LogP contribution in [-0.4, -0.2) is 23.2 Å². The third kappa shape index (κ3) is 3.55. The lowest BCUT2D eigenvalue weighted by molar-refractivity contribution is -0.384. The summed E-state index contributed by atoms with van der Waals surface area (Å²) >= 11 is 0. The highest BCUT2D eigenvalue weighted by molar-refractivity contribution is 5.51. The van der Waals surface area contributed by atoms with E-state index in [9.17, 15) is 10.1 Å². The molecule has 5 nitrogen and oxygen atoms in total. The van der Waals surface area contributed by atoms with Gasteiger partial charge in [0.15, 0.2) is 0 Å². The van der Waals surface area contributed by atoms with Crippen LogP contribution in [0, 0.1) is 10.1 Å². The number of nitrogens with zero attached hydrogens (tertiary/aromatic N) is 2. The van der Waals surface area contributed by atoms with Crippen LogP contribution in [0.3, 0.4) is 0 Å². The minimum atomic E-state index is -0.419. The average molecular weight is 272 g/mol. The van der Waals surface area contributed by atoms with E-state index in [0.29, 0.717) is 13.1 Å². The molecule has 0 bridgehead atoms. The van der Waals surface area contributed by atoms with Crippen LogP contribution in [0.5, 0.6) is 0 Å². The second-order valence-corrected chi connectivity index (χ2v) is 4.40. The molecule has 0 fully saturated rings. The van der Waals surface area contributed by atoms with Gasteiger partial charge >= 0.3 is 0 Å². The van der Waals surface area contributed by atoms with Crippen molar-refractivity contribution in [3.05, 3.63) is 70.3 Å². The number of benzene rings is 2. The normalized spacial score (nSPS) is 10.2. The molecule has 1 N–H and O–H groups in total. The number of nitro benzene ring substituents is 1. The lowest BCUT2D eigenvalue weighted by atomic mass is 10.2. The van der Waals surface area contributed by atoms with Crippen LogP contribution in [0.25, 0.3) is 0 Å². The molecule has 0 aromatic heterocycles. The number of nitro groups is 1. The smallest absolute Gasteiger partial charge is 0.269 e. The highest BCUT2D eigenvalue weighted by atomic mass is 16.6. The molecule has 20 heavy (non-hydrogen) atoms. The van der Waals surface area contributed by atoms with E-state index in [2.05, 4.69) is 0 Å². The lowest BCUT2D eigenvalue weighted by Crippen LogP contribution is -2.25. The molecular weight excluding hydrogens is 256 g/mol. The van der Waals surface area contributed by atoms with E-state index in [1.807, 2.05) is 35.2 Å². The SMILES string of the molecule is O=[N+]([O-])c1ccc(N(CCO)Cc2ccccc2)cc1. The predicted molar refractivity (Wildman–Crippen MR) is 77.7 cm³/mol. The molecule has 0 unspecified atom stereocenters. The molecule has 0 saturated heterocycles. The van der Waals surface area contributed by atoms with Gasteiger partial charge in [-0.05, 0) is 17.7 Å². The minimum absolute atomic E-state index is 0.0316. The van der Waals surface area contributed by atoms with Gasteiger partial charge in [-0.3, -0.25) is 10.1 Å². The molecule has 2 aromatic carbocycles. The van der Waals surface area contributed by atoms with E-state index in [4.69, 9.17) is 5.11 Å². The first-order chi connectivity index (χ1) is 9.70. The van der Waals surface area contributed by atoms with Crippen molar-refractivity contribution in [1.29, 1.82) is 0 Å². The fourth-order valence-corrected chi connectivity index (χ4v) is 2.01. The van der Waals surface area contributed by atoms with Crippen LogP contribution in [0.15, 0.2) is 54.6 Å². The second-order valence-electron chi connectivity index (χ2n) is 4.40. The number of aliphatic hydroxyl groups is 1. The molecule has 5 heteroatoms. The Labute approximate surface area is 117 Å². The van der Waals surface area contributed by atoms with Crippen molar-refractivity contribution >= 4 is 11.4 Å². The largest absolute Gasteiger partial charge is 0.395 e. The van der Waals surface area contributed by atoms with Crippen LogP contribution in [0.1, 0.15) is 5.56 Å². The summed E-state index contributed by atoms with van der Waals surface area (Å²) in [6.45, 7) is 1.16. The number of rotatable bonds is 6. The number of aliphatic hydroxyl groups excluding tert-OH is 1. The van der Waals surface area contributed by atoms with Gasteiger partial charge in [-0.1, -0.05) is 30.3 Å². The van der Waals surface area contributed by atoms with Crippen LogP contribution in [0.2, 0.25) is 0 Å². The Morgan fingerprint density at radius 2 is 1.70 bits per heavy atom. The third-order valence-electron chi connectivity index (χ3n) is 3.01. The molecule has 0 aliphatic carbocycles. The molecule has 0 aliphatic rings. The maximum Gasteiger partial charge on any atom is 0.269 e. The van der Waals surface area contributed by atoms with Crippen LogP contribution < -0.4 is 4.90 Å². The molecule has 0 atom stereocenters. The van der Waals surface area contributed by atoms with Gasteiger partial charge in [0.25, 0.3) is 5.69 Å². The highest BCUT2D eigenvalue weighted by Gasteiger charge is 2.09. The molecule has 0 amide bonds. The minimum Gasteiger partial charge on any atom is -0.395 e. The summed E-state index contributed by atoms with van der Waals surface area (Å²) in [7, 11) is 0. The summed E-state index contributed by atoms with van der Waals surface area (Å²) in [6, 6.07) is 16.3. The molecule has 2 aromatic rings. The van der Waals surface area contributed by atoms with Crippen LogP contribution >= 0.6 is 0 Å². The summed E-state index contributed by atoms with van der Waals surface area (Å²) < 4.78 is 0. The first-order valence-corrected chi connectivity index (χ1v) is 6.35. The monoisotopic (exact) mass is 272 g/mol. The predicted octanol–water partition coefficient (Wildman–Crippen LogP) is 2.59. The van der Waals surface area contributed by atoms with E-state index >= 15 is 0 Å². The Morgan fingerprint density at radius 3 is 2.25 bits per heavy atom. The first kappa shape index (κ1) is 14.0. The number of hydrogen-bond acceptors (Lipinski definition) is 4. The first-order valence-electron chi connectivity index (χ1n) is 6.35. The maximum atomic E-state index is 10.7. The third-order valence-corrected chi connectivity index (χ3v) is 3.01. The molecule has 0 aliphatic heterocycles. The maximum absolute atomic E-state index is 10.7. The zero-order valence-corrected chi connectivity index (χ0v) is 11.0. The lowest BCUT2D eigenvalue weighted by Gasteiger charge is -2.24. The van der Waals surface area contributed by atoms with Crippen molar-refractivity contribution in [2.45, 2.75) is 6.54 Å². The van der Waals surface area contributed by atoms with Gasteiger partial charge in [0.05, 0.1) is 11.5 Å². The summed E-state index contributed by atoms with van der Waals surface area (Å²) in [6.07, 6.45) is 0. The quantitative estimate of drug-likeness (QED) is 0.648. The van der Waals surface area contributed by atoms with Gasteiger partial charge < -0.3 is 10.0 Å². The van der Waals surface area contributed by atoms with Crippen LogP contribution in [-0.2, 0) is 6.54 Å². The number of hydrogen-bond donors (Lipinski definition) is 1. The van der Waals surface area contributed by atoms with Gasteiger partial charge in [-0.25, -0.2) is 0 Å². The van der Waals surface area contributed by atoms with Crippen molar-refractivity contribution in [1.82, 2.24) is 0 Å². The summed E-state index contributed by atoms with van der Waals surface area (Å²) in [4.78, 5) is 12.2. The molecule has 0 saturated carbocycles. The van der Waals surface area contributed by atoms with Crippen molar-refractivity contribution < 1.29 is 10.0 Å². The van der Waals surface area contributed by atoms with Crippen molar-refractivity contribution in [2.75, 3.05) is 18.1 Å². The van der Waals surface area contributed by atoms with Gasteiger partial charge in [-0.15, -0.1) is 0 Å². The van der Waals surface area contributed by atoms with Crippen molar-refractivity contribution in [2.24, 2.45) is 0 Å². The van der Waals surface area contributed by atoms with Crippen molar-refractivity contribution in [3.63, 3.8) is 0 Å². The van der Waals surface area contributed by atoms with Crippen molar-refractivity contribution in [3.8, 4) is 0 Å². The topological polar surface area (TPSA) is 66.6 Å². The van der Waals surface area contributed by atoms with E-state index in [1.54, 1.807) is 12.1 Å². The summed E-state index contributed by atoms with van der Waals surface area (Å²) in [5.74, 6) is 0. The van der Waals surface area contributed by atoms with Gasteiger partial charge in [0, 0.05) is 30.9 Å². The Hall–Kier alpha value is -2.40. The Bertz CT molecular complexity index is 555. The number of anilines is 1. The van der Waals surface area contributed by atoms with Gasteiger partial charge in [0.1, 0.15) is 0 Å². The van der Waals surface area contributed by atoms with E-state index in [0.717, 1.165) is 11.3 Å². The molecule has 104 valence electrons. The molecule has 0 spiro atoms. The molecule has 2 rings (SSSR count). The van der Waals surface area contributed by atoms with E-state index < -0.39 is 4.92 Å². The summed E-state index contributed by atoms with van der Waals surface area (Å²) in [5.41, 5.74) is 2.05. The van der Waals surface area contributed by atoms with Gasteiger partial charge in [0.2, 0.25) is 0 Å². The highest BCUT2D eigenvalue weighted by Crippen LogP contribution is 2.21. The molecule has 0 radical (unpaired) electrons. The second kappa shape index (κ2) is 6.68. The van der Waals surface area contributed by atoms with E-state index in [-0.39, 0.29) is 12.3 Å². The van der Waals surface area contributed by atoms with Crippen LogP contribution in [0.4, 0.5) is 11.4 Å². The number of non-ortho nitro benzene ring substituents is 1. The fraction of sp³-hybridized carbons (Fsp3) is 0.200.